The van der Waals surface area contributed by atoms with Gasteiger partial charge in [-0.15, -0.1) is 11.8 Å². The van der Waals surface area contributed by atoms with E-state index in [-0.39, 0.29) is 5.91 Å². The van der Waals surface area contributed by atoms with Crippen LogP contribution >= 0.6 is 11.8 Å². The normalized spacial score (nSPS) is 30.9. The first-order valence-electron chi connectivity index (χ1n) is 6.69. The number of nitrogens with one attached hydrogen (secondary N) is 1. The van der Waals surface area contributed by atoms with Crippen LogP contribution in [0.15, 0.2) is 0 Å². The molecule has 1 unspecified atom stereocenters. The number of aliphatic carboxylic acids is 1. The molecule has 0 aromatic heterocycles. The Kier molecular flexibility index (Phi) is 3.90. The fourth-order valence-corrected chi connectivity index (χ4v) is 4.07. The van der Waals surface area contributed by atoms with Gasteiger partial charge in [-0.3, -0.25) is 4.79 Å². The number of carbonyl (C=O) groups is 2. The van der Waals surface area contributed by atoms with Crippen molar-refractivity contribution in [3.63, 3.8) is 0 Å². The summed E-state index contributed by atoms with van der Waals surface area (Å²) in [4.78, 5) is 23.9. The van der Waals surface area contributed by atoms with Crippen molar-refractivity contribution in [3.05, 3.63) is 0 Å². The van der Waals surface area contributed by atoms with Crippen LogP contribution in [-0.4, -0.2) is 33.0 Å². The highest BCUT2D eigenvalue weighted by atomic mass is 32.2. The van der Waals surface area contributed by atoms with Crippen molar-refractivity contribution in [1.82, 2.24) is 5.32 Å². The van der Waals surface area contributed by atoms with Crippen LogP contribution < -0.4 is 5.32 Å². The number of thioether (sulfide) groups is 1. The van der Waals surface area contributed by atoms with Crippen molar-refractivity contribution in [2.45, 2.75) is 62.2 Å². The van der Waals surface area contributed by atoms with Gasteiger partial charge in [-0.1, -0.05) is 19.3 Å². The molecule has 0 spiro atoms. The van der Waals surface area contributed by atoms with Crippen LogP contribution in [0.3, 0.4) is 0 Å². The van der Waals surface area contributed by atoms with E-state index in [0.717, 1.165) is 37.9 Å². The Labute approximate surface area is 112 Å². The van der Waals surface area contributed by atoms with E-state index in [2.05, 4.69) is 5.32 Å². The van der Waals surface area contributed by atoms with Gasteiger partial charge >= 0.3 is 5.97 Å². The average Bonchev–Trinajstić information content (AvgIpc) is 2.78. The van der Waals surface area contributed by atoms with E-state index in [0.29, 0.717) is 12.8 Å². The highest BCUT2D eigenvalue weighted by molar-refractivity contribution is 8.01. The molecule has 1 aliphatic heterocycles. The standard InChI is InChI=1S/C13H21NO3S/c1-12(6-5-9-18-12)10(15)14-13(11(16)17)7-3-2-4-8-13/h2-9H2,1H3,(H,14,15)(H,16,17). The van der Waals surface area contributed by atoms with Crippen LogP contribution in [0.5, 0.6) is 0 Å². The van der Waals surface area contributed by atoms with Gasteiger partial charge in [0.1, 0.15) is 5.54 Å². The predicted octanol–water partition coefficient (Wildman–Crippen LogP) is 2.18. The Balaban J connectivity index is 2.09. The molecule has 1 saturated carbocycles. The van der Waals surface area contributed by atoms with E-state index in [1.165, 1.54) is 0 Å². The monoisotopic (exact) mass is 271 g/mol. The minimum Gasteiger partial charge on any atom is -0.480 e. The highest BCUT2D eigenvalue weighted by Gasteiger charge is 2.46. The largest absolute Gasteiger partial charge is 0.480 e. The van der Waals surface area contributed by atoms with Crippen molar-refractivity contribution in [3.8, 4) is 0 Å². The maximum absolute atomic E-state index is 12.3. The lowest BCUT2D eigenvalue weighted by atomic mass is 9.81. The summed E-state index contributed by atoms with van der Waals surface area (Å²) in [6, 6.07) is 0. The zero-order valence-corrected chi connectivity index (χ0v) is 11.6. The third-order valence-electron chi connectivity index (χ3n) is 4.17. The molecule has 5 heteroatoms. The predicted molar refractivity (Wildman–Crippen MR) is 71.7 cm³/mol. The summed E-state index contributed by atoms with van der Waals surface area (Å²) in [5.74, 6) is 0.0284. The van der Waals surface area contributed by atoms with E-state index >= 15 is 0 Å². The molecule has 2 aliphatic rings. The van der Waals surface area contributed by atoms with Gasteiger partial charge in [0.05, 0.1) is 4.75 Å². The zero-order chi connectivity index (χ0) is 13.2. The number of amides is 1. The lowest BCUT2D eigenvalue weighted by Gasteiger charge is -2.36. The second-order valence-corrected chi connectivity index (χ2v) is 7.18. The minimum absolute atomic E-state index is 0.0886. The number of hydrogen-bond acceptors (Lipinski definition) is 3. The SMILES string of the molecule is CC1(C(=O)NC2(C(=O)O)CCCCC2)CCCS1. The maximum Gasteiger partial charge on any atom is 0.329 e. The van der Waals surface area contributed by atoms with Gasteiger partial charge in [0.15, 0.2) is 0 Å². The van der Waals surface area contributed by atoms with Crippen LogP contribution in [0.1, 0.15) is 51.9 Å². The Morgan fingerprint density at radius 1 is 1.11 bits per heavy atom. The summed E-state index contributed by atoms with van der Waals surface area (Å²) >= 11 is 1.65. The zero-order valence-electron chi connectivity index (χ0n) is 10.8. The number of hydrogen-bond donors (Lipinski definition) is 2. The van der Waals surface area contributed by atoms with Crippen molar-refractivity contribution >= 4 is 23.6 Å². The molecule has 1 heterocycles. The Morgan fingerprint density at radius 3 is 2.28 bits per heavy atom. The Morgan fingerprint density at radius 2 is 1.78 bits per heavy atom. The van der Waals surface area contributed by atoms with Crippen molar-refractivity contribution in [1.29, 1.82) is 0 Å². The minimum atomic E-state index is -1.01. The molecule has 0 aromatic carbocycles. The summed E-state index contributed by atoms with van der Waals surface area (Å²) in [6.07, 6.45) is 5.85. The van der Waals surface area contributed by atoms with Crippen molar-refractivity contribution < 1.29 is 14.7 Å². The summed E-state index contributed by atoms with van der Waals surface area (Å²) < 4.78 is -0.431. The third-order valence-corrected chi connectivity index (χ3v) is 5.69. The first kappa shape index (κ1) is 13.7. The quantitative estimate of drug-likeness (QED) is 0.825. The van der Waals surface area contributed by atoms with Crippen LogP contribution in [0.4, 0.5) is 0 Å². The van der Waals surface area contributed by atoms with Gasteiger partial charge in [0.2, 0.25) is 5.91 Å². The Hall–Kier alpha value is -0.710. The molecule has 0 radical (unpaired) electrons. The van der Waals surface area contributed by atoms with Gasteiger partial charge < -0.3 is 10.4 Å². The van der Waals surface area contributed by atoms with Crippen LogP contribution in [0.25, 0.3) is 0 Å². The van der Waals surface area contributed by atoms with Crippen molar-refractivity contribution in [2.24, 2.45) is 0 Å². The number of rotatable bonds is 3. The van der Waals surface area contributed by atoms with Crippen LogP contribution in [0, 0.1) is 0 Å². The molecule has 1 aliphatic carbocycles. The summed E-state index contributed by atoms with van der Waals surface area (Å²) in [7, 11) is 0. The molecule has 4 nitrogen and oxygen atoms in total. The number of carboxylic acid groups (broad SMARTS) is 1. The van der Waals surface area contributed by atoms with Crippen molar-refractivity contribution in [2.75, 3.05) is 5.75 Å². The molecule has 102 valence electrons. The van der Waals surface area contributed by atoms with Gasteiger partial charge in [-0.05, 0) is 38.4 Å². The van der Waals surface area contributed by atoms with Gasteiger partial charge in [-0.2, -0.15) is 0 Å². The van der Waals surface area contributed by atoms with E-state index in [9.17, 15) is 14.7 Å². The molecule has 1 atom stereocenters. The van der Waals surface area contributed by atoms with Crippen LogP contribution in [0.2, 0.25) is 0 Å². The molecule has 0 aromatic rings. The first-order chi connectivity index (χ1) is 8.49. The lowest BCUT2D eigenvalue weighted by molar-refractivity contribution is -0.149. The van der Waals surface area contributed by atoms with Gasteiger partial charge in [0.25, 0.3) is 0 Å². The summed E-state index contributed by atoms with van der Waals surface area (Å²) in [6.45, 7) is 1.93. The molecule has 2 N–H and O–H groups in total. The molecule has 2 fully saturated rings. The number of carbonyl (C=O) groups excluding carboxylic acids is 1. The van der Waals surface area contributed by atoms with E-state index < -0.39 is 16.3 Å². The topological polar surface area (TPSA) is 66.4 Å². The molecule has 1 saturated heterocycles. The second-order valence-electron chi connectivity index (χ2n) is 5.58. The first-order valence-corrected chi connectivity index (χ1v) is 7.67. The second kappa shape index (κ2) is 5.11. The molecular formula is C13H21NO3S. The van der Waals surface area contributed by atoms with Crippen LogP contribution in [-0.2, 0) is 9.59 Å². The summed E-state index contributed by atoms with van der Waals surface area (Å²) in [5.41, 5.74) is -1.01. The molecule has 1 amide bonds. The van der Waals surface area contributed by atoms with E-state index in [1.54, 1.807) is 11.8 Å². The fourth-order valence-electron chi connectivity index (χ4n) is 2.86. The highest BCUT2D eigenvalue weighted by Crippen LogP contribution is 2.39. The van der Waals surface area contributed by atoms with E-state index in [1.807, 2.05) is 6.92 Å². The summed E-state index contributed by atoms with van der Waals surface area (Å²) in [5, 5.41) is 12.3. The smallest absolute Gasteiger partial charge is 0.329 e. The lowest BCUT2D eigenvalue weighted by Crippen LogP contribution is -2.59. The van der Waals surface area contributed by atoms with Gasteiger partial charge in [0, 0.05) is 0 Å². The molecule has 0 bridgehead atoms. The molecule has 18 heavy (non-hydrogen) atoms. The maximum atomic E-state index is 12.3. The fraction of sp³-hybridized carbons (Fsp3) is 0.846. The Bertz CT molecular complexity index is 344. The molecular weight excluding hydrogens is 250 g/mol. The number of carboxylic acids is 1. The van der Waals surface area contributed by atoms with E-state index in [4.69, 9.17) is 0 Å². The van der Waals surface area contributed by atoms with Gasteiger partial charge in [-0.25, -0.2) is 4.79 Å². The third kappa shape index (κ3) is 2.51. The molecule has 2 rings (SSSR count). The average molecular weight is 271 g/mol.